The van der Waals surface area contributed by atoms with Gasteiger partial charge in [0.25, 0.3) is 0 Å². The van der Waals surface area contributed by atoms with E-state index in [2.05, 4.69) is 10.1 Å². The van der Waals surface area contributed by atoms with E-state index in [0.29, 0.717) is 6.54 Å². The van der Waals surface area contributed by atoms with Crippen molar-refractivity contribution in [3.05, 3.63) is 29.3 Å². The highest BCUT2D eigenvalue weighted by Gasteiger charge is 2.19. The van der Waals surface area contributed by atoms with E-state index in [4.69, 9.17) is 0 Å². The van der Waals surface area contributed by atoms with Crippen LogP contribution in [0.4, 0.5) is 14.5 Å². The van der Waals surface area contributed by atoms with Gasteiger partial charge in [0.15, 0.2) is 11.6 Å². The normalized spacial score (nSPS) is 15.2. The predicted molar refractivity (Wildman–Crippen MR) is 77.4 cm³/mol. The summed E-state index contributed by atoms with van der Waals surface area (Å²) in [6, 6.07) is 2.61. The molecule has 5 heteroatoms. The Kier molecular flexibility index (Phi) is 5.53. The Bertz CT molecular complexity index is 499. The number of methoxy groups -OCH3 is 1. The van der Waals surface area contributed by atoms with E-state index in [9.17, 15) is 13.6 Å². The third-order valence-corrected chi connectivity index (χ3v) is 4.07. The molecule has 0 heterocycles. The molecule has 21 heavy (non-hydrogen) atoms. The quantitative estimate of drug-likeness (QED) is 0.633. The number of hydrogen-bond donors (Lipinski definition) is 1. The maximum atomic E-state index is 13.8. The zero-order chi connectivity index (χ0) is 15.2. The van der Waals surface area contributed by atoms with E-state index in [1.165, 1.54) is 37.8 Å². The molecule has 0 saturated heterocycles. The van der Waals surface area contributed by atoms with Crippen LogP contribution in [-0.2, 0) is 4.74 Å². The molecule has 0 unspecified atom stereocenters. The minimum absolute atomic E-state index is 0.0894. The first-order valence-electron chi connectivity index (χ1n) is 7.43. The zero-order valence-electron chi connectivity index (χ0n) is 12.3. The number of esters is 1. The number of anilines is 1. The summed E-state index contributed by atoms with van der Waals surface area (Å²) in [6.45, 7) is 0.602. The fourth-order valence-electron chi connectivity index (χ4n) is 2.87. The lowest BCUT2D eigenvalue weighted by Crippen LogP contribution is -2.10. The molecule has 3 nitrogen and oxygen atoms in total. The first-order valence-corrected chi connectivity index (χ1v) is 7.43. The van der Waals surface area contributed by atoms with Gasteiger partial charge in [-0.25, -0.2) is 13.6 Å². The fraction of sp³-hybridized carbons (Fsp3) is 0.562. The molecule has 1 saturated carbocycles. The topological polar surface area (TPSA) is 38.3 Å². The lowest BCUT2D eigenvalue weighted by molar-refractivity contribution is 0.0594. The molecule has 0 bridgehead atoms. The Labute approximate surface area is 123 Å². The van der Waals surface area contributed by atoms with Gasteiger partial charge in [-0.15, -0.1) is 0 Å². The summed E-state index contributed by atoms with van der Waals surface area (Å²) < 4.78 is 32.0. The maximum Gasteiger partial charge on any atom is 0.340 e. The van der Waals surface area contributed by atoms with Crippen LogP contribution in [0, 0.1) is 17.6 Å². The molecule has 0 atom stereocenters. The molecule has 1 aliphatic carbocycles. The summed E-state index contributed by atoms with van der Waals surface area (Å²) >= 11 is 0. The summed E-state index contributed by atoms with van der Waals surface area (Å²) in [4.78, 5) is 11.3. The van der Waals surface area contributed by atoms with Crippen molar-refractivity contribution >= 4 is 11.7 Å². The van der Waals surface area contributed by atoms with E-state index in [0.717, 1.165) is 25.9 Å². The molecule has 0 aliphatic heterocycles. The smallest absolute Gasteiger partial charge is 0.340 e. The van der Waals surface area contributed by atoms with Crippen molar-refractivity contribution in [2.45, 2.75) is 38.5 Å². The van der Waals surface area contributed by atoms with Crippen LogP contribution in [0.25, 0.3) is 0 Å². The summed E-state index contributed by atoms with van der Waals surface area (Å²) in [5.74, 6) is -2.28. The molecule has 1 aromatic rings. The average molecular weight is 297 g/mol. The second-order valence-electron chi connectivity index (χ2n) is 5.50. The van der Waals surface area contributed by atoms with Crippen molar-refractivity contribution in [1.29, 1.82) is 0 Å². The largest absolute Gasteiger partial charge is 0.465 e. The summed E-state index contributed by atoms with van der Waals surface area (Å²) in [5, 5.41) is 2.89. The lowest BCUT2D eigenvalue weighted by Gasteiger charge is -2.12. The highest BCUT2D eigenvalue weighted by Crippen LogP contribution is 2.28. The van der Waals surface area contributed by atoms with Crippen LogP contribution in [0.15, 0.2) is 12.1 Å². The Morgan fingerprint density at radius 2 is 2.00 bits per heavy atom. The van der Waals surface area contributed by atoms with Crippen LogP contribution >= 0.6 is 0 Å². The summed E-state index contributed by atoms with van der Waals surface area (Å²) in [7, 11) is 1.13. The lowest BCUT2D eigenvalue weighted by atomic mass is 10.0. The molecule has 1 aromatic carbocycles. The molecule has 2 rings (SSSR count). The molecule has 1 aliphatic rings. The fourth-order valence-corrected chi connectivity index (χ4v) is 2.87. The van der Waals surface area contributed by atoms with Crippen LogP contribution < -0.4 is 5.32 Å². The summed E-state index contributed by atoms with van der Waals surface area (Å²) in [6.07, 6.45) is 7.26. The number of halogens is 2. The van der Waals surface area contributed by atoms with Crippen molar-refractivity contribution in [2.75, 3.05) is 19.0 Å². The molecule has 1 fully saturated rings. The second kappa shape index (κ2) is 7.38. The van der Waals surface area contributed by atoms with Crippen molar-refractivity contribution in [2.24, 2.45) is 5.92 Å². The Morgan fingerprint density at radius 3 is 2.67 bits per heavy atom. The number of carbonyl (C=O) groups excluding carboxylic acids is 1. The van der Waals surface area contributed by atoms with Crippen LogP contribution in [0.3, 0.4) is 0 Å². The van der Waals surface area contributed by atoms with E-state index in [-0.39, 0.29) is 11.3 Å². The second-order valence-corrected chi connectivity index (χ2v) is 5.50. The SMILES string of the molecule is COC(=O)c1ccc(NCCCC2CCCC2)c(F)c1F. The molecule has 0 amide bonds. The molecule has 1 N–H and O–H groups in total. The van der Waals surface area contributed by atoms with Gasteiger partial charge >= 0.3 is 5.97 Å². The van der Waals surface area contributed by atoms with Gasteiger partial charge in [0, 0.05) is 6.54 Å². The first kappa shape index (κ1) is 15.7. The minimum Gasteiger partial charge on any atom is -0.465 e. The Balaban J connectivity index is 1.88. The Morgan fingerprint density at radius 1 is 1.29 bits per heavy atom. The van der Waals surface area contributed by atoms with Crippen molar-refractivity contribution in [3.8, 4) is 0 Å². The van der Waals surface area contributed by atoms with Gasteiger partial charge < -0.3 is 10.1 Å². The number of rotatable bonds is 6. The minimum atomic E-state index is -1.16. The molecule has 0 spiro atoms. The molecular formula is C16H21F2NO2. The van der Waals surface area contributed by atoms with Gasteiger partial charge in [-0.2, -0.15) is 0 Å². The van der Waals surface area contributed by atoms with Gasteiger partial charge in [-0.1, -0.05) is 25.7 Å². The number of hydrogen-bond acceptors (Lipinski definition) is 3. The van der Waals surface area contributed by atoms with Crippen LogP contribution in [0.5, 0.6) is 0 Å². The van der Waals surface area contributed by atoms with Gasteiger partial charge in [0.1, 0.15) is 0 Å². The molecule has 0 radical (unpaired) electrons. The predicted octanol–water partition coefficient (Wildman–Crippen LogP) is 4.13. The van der Waals surface area contributed by atoms with Crippen LogP contribution in [0.2, 0.25) is 0 Å². The average Bonchev–Trinajstić information content (AvgIpc) is 3.00. The van der Waals surface area contributed by atoms with Crippen molar-refractivity contribution < 1.29 is 18.3 Å². The summed E-state index contributed by atoms with van der Waals surface area (Å²) in [5.41, 5.74) is -0.293. The highest BCUT2D eigenvalue weighted by molar-refractivity contribution is 5.90. The zero-order valence-corrected chi connectivity index (χ0v) is 12.3. The van der Waals surface area contributed by atoms with Crippen molar-refractivity contribution in [1.82, 2.24) is 0 Å². The van der Waals surface area contributed by atoms with Gasteiger partial charge in [0.2, 0.25) is 0 Å². The van der Waals surface area contributed by atoms with E-state index >= 15 is 0 Å². The van der Waals surface area contributed by atoms with E-state index in [1.807, 2.05) is 0 Å². The van der Waals surface area contributed by atoms with Crippen molar-refractivity contribution in [3.63, 3.8) is 0 Å². The standard InChI is InChI=1S/C16H21F2NO2/c1-21-16(20)12-8-9-13(15(18)14(12)17)19-10-4-7-11-5-2-3-6-11/h8-9,11,19H,2-7,10H2,1H3. The highest BCUT2D eigenvalue weighted by atomic mass is 19.2. The maximum absolute atomic E-state index is 13.8. The molecule has 0 aromatic heterocycles. The third kappa shape index (κ3) is 3.93. The van der Waals surface area contributed by atoms with E-state index in [1.54, 1.807) is 0 Å². The van der Waals surface area contributed by atoms with Gasteiger partial charge in [-0.05, 0) is 30.9 Å². The number of nitrogens with one attached hydrogen (secondary N) is 1. The van der Waals surface area contributed by atoms with Gasteiger partial charge in [0.05, 0.1) is 18.4 Å². The first-order chi connectivity index (χ1) is 10.1. The van der Waals surface area contributed by atoms with Crippen LogP contribution in [-0.4, -0.2) is 19.6 Å². The third-order valence-electron chi connectivity index (χ3n) is 4.07. The monoisotopic (exact) mass is 297 g/mol. The number of benzene rings is 1. The van der Waals surface area contributed by atoms with E-state index < -0.39 is 17.6 Å². The number of ether oxygens (including phenoxy) is 1. The Hall–Kier alpha value is -1.65. The molecular weight excluding hydrogens is 276 g/mol. The van der Waals surface area contributed by atoms with Crippen LogP contribution in [0.1, 0.15) is 48.9 Å². The van der Waals surface area contributed by atoms with Gasteiger partial charge in [-0.3, -0.25) is 0 Å². The number of carbonyl (C=O) groups is 1. The molecule has 116 valence electrons.